The SMILES string of the molecule is O=C(NC1CC1)c1cnn2c1CN(C(=O)Cc1ccccc1)CCC2. The van der Waals surface area contributed by atoms with Gasteiger partial charge in [0.05, 0.1) is 30.4 Å². The second-order valence-electron chi connectivity index (χ2n) is 6.81. The first-order chi connectivity index (χ1) is 12.2. The Morgan fingerprint density at radius 1 is 1.16 bits per heavy atom. The molecule has 2 heterocycles. The van der Waals surface area contributed by atoms with Gasteiger partial charge in [0, 0.05) is 19.1 Å². The van der Waals surface area contributed by atoms with Crippen molar-refractivity contribution in [3.63, 3.8) is 0 Å². The molecule has 1 aromatic heterocycles. The van der Waals surface area contributed by atoms with Gasteiger partial charge >= 0.3 is 0 Å². The first-order valence-electron chi connectivity index (χ1n) is 8.88. The number of nitrogens with one attached hydrogen (secondary N) is 1. The van der Waals surface area contributed by atoms with Crippen molar-refractivity contribution in [1.82, 2.24) is 20.0 Å². The molecule has 6 nitrogen and oxygen atoms in total. The Morgan fingerprint density at radius 2 is 1.96 bits per heavy atom. The quantitative estimate of drug-likeness (QED) is 0.923. The average molecular weight is 338 g/mol. The third-order valence-corrected chi connectivity index (χ3v) is 4.80. The number of rotatable bonds is 4. The predicted octanol–water partition coefficient (Wildman–Crippen LogP) is 1.75. The largest absolute Gasteiger partial charge is 0.349 e. The molecule has 130 valence electrons. The Labute approximate surface area is 146 Å². The van der Waals surface area contributed by atoms with Gasteiger partial charge in [0.25, 0.3) is 5.91 Å². The van der Waals surface area contributed by atoms with E-state index in [0.717, 1.165) is 37.1 Å². The zero-order chi connectivity index (χ0) is 17.2. The minimum absolute atomic E-state index is 0.0684. The van der Waals surface area contributed by atoms with E-state index >= 15 is 0 Å². The summed E-state index contributed by atoms with van der Waals surface area (Å²) in [7, 11) is 0. The van der Waals surface area contributed by atoms with E-state index in [4.69, 9.17) is 0 Å². The summed E-state index contributed by atoms with van der Waals surface area (Å²) in [6.45, 7) is 1.87. The summed E-state index contributed by atoms with van der Waals surface area (Å²) < 4.78 is 1.87. The highest BCUT2D eigenvalue weighted by molar-refractivity contribution is 5.95. The highest BCUT2D eigenvalue weighted by Gasteiger charge is 2.28. The highest BCUT2D eigenvalue weighted by atomic mass is 16.2. The normalized spacial score (nSPS) is 16.9. The minimum atomic E-state index is -0.0684. The molecule has 1 aliphatic heterocycles. The van der Waals surface area contributed by atoms with Crippen molar-refractivity contribution in [3.8, 4) is 0 Å². The van der Waals surface area contributed by atoms with Crippen LogP contribution in [0.5, 0.6) is 0 Å². The molecule has 0 saturated heterocycles. The smallest absolute Gasteiger partial charge is 0.255 e. The maximum atomic E-state index is 12.7. The Balaban J connectivity index is 1.50. The minimum Gasteiger partial charge on any atom is -0.349 e. The van der Waals surface area contributed by atoms with Crippen molar-refractivity contribution in [2.24, 2.45) is 0 Å². The van der Waals surface area contributed by atoms with Gasteiger partial charge in [0.1, 0.15) is 0 Å². The van der Waals surface area contributed by atoms with Crippen LogP contribution in [-0.2, 0) is 24.3 Å². The van der Waals surface area contributed by atoms with Crippen LogP contribution in [0.25, 0.3) is 0 Å². The fourth-order valence-corrected chi connectivity index (χ4v) is 3.22. The van der Waals surface area contributed by atoms with Crippen molar-refractivity contribution < 1.29 is 9.59 Å². The fourth-order valence-electron chi connectivity index (χ4n) is 3.22. The second kappa shape index (κ2) is 6.70. The third-order valence-electron chi connectivity index (χ3n) is 4.80. The van der Waals surface area contributed by atoms with Crippen molar-refractivity contribution in [1.29, 1.82) is 0 Å². The van der Waals surface area contributed by atoms with E-state index in [0.29, 0.717) is 31.1 Å². The van der Waals surface area contributed by atoms with Crippen LogP contribution in [0, 0.1) is 0 Å². The lowest BCUT2D eigenvalue weighted by molar-refractivity contribution is -0.131. The number of aromatic nitrogens is 2. The first kappa shape index (κ1) is 15.9. The monoisotopic (exact) mass is 338 g/mol. The number of amides is 2. The van der Waals surface area contributed by atoms with Crippen LogP contribution < -0.4 is 5.32 Å². The number of benzene rings is 1. The van der Waals surface area contributed by atoms with Crippen LogP contribution in [0.1, 0.15) is 40.9 Å². The molecular formula is C19H22N4O2. The highest BCUT2D eigenvalue weighted by Crippen LogP contribution is 2.22. The maximum Gasteiger partial charge on any atom is 0.255 e. The standard InChI is InChI=1S/C19H22N4O2/c24-18(11-14-5-2-1-3-6-14)22-9-4-10-23-17(13-22)16(12-20-23)19(25)21-15-7-8-15/h1-3,5-6,12,15H,4,7-11,13H2,(H,21,25). The van der Waals surface area contributed by atoms with Gasteiger partial charge in [-0.2, -0.15) is 5.10 Å². The van der Waals surface area contributed by atoms with E-state index in [1.165, 1.54) is 0 Å². The van der Waals surface area contributed by atoms with Crippen LogP contribution >= 0.6 is 0 Å². The van der Waals surface area contributed by atoms with Crippen molar-refractivity contribution in [2.45, 2.75) is 44.8 Å². The molecule has 0 atom stereocenters. The van der Waals surface area contributed by atoms with Gasteiger partial charge in [-0.3, -0.25) is 14.3 Å². The van der Waals surface area contributed by atoms with Crippen molar-refractivity contribution in [3.05, 3.63) is 53.3 Å². The second-order valence-corrected chi connectivity index (χ2v) is 6.81. The summed E-state index contributed by atoms with van der Waals surface area (Å²) in [6, 6.07) is 10.1. The number of fused-ring (bicyclic) bond motifs is 1. The molecule has 0 radical (unpaired) electrons. The molecule has 1 saturated carbocycles. The van der Waals surface area contributed by atoms with E-state index in [2.05, 4.69) is 10.4 Å². The third kappa shape index (κ3) is 3.57. The van der Waals surface area contributed by atoms with Crippen molar-refractivity contribution in [2.75, 3.05) is 6.54 Å². The molecule has 1 fully saturated rings. The maximum absolute atomic E-state index is 12.7. The topological polar surface area (TPSA) is 67.2 Å². The molecular weight excluding hydrogens is 316 g/mol. The Hall–Kier alpha value is -2.63. The van der Waals surface area contributed by atoms with E-state index in [1.54, 1.807) is 6.20 Å². The number of carbonyl (C=O) groups is 2. The molecule has 0 bridgehead atoms. The average Bonchev–Trinajstić information content (AvgIpc) is 3.38. The van der Waals surface area contributed by atoms with E-state index in [1.807, 2.05) is 39.9 Å². The van der Waals surface area contributed by atoms with E-state index in [-0.39, 0.29) is 11.8 Å². The van der Waals surface area contributed by atoms with Crippen LogP contribution in [0.4, 0.5) is 0 Å². The molecule has 0 spiro atoms. The van der Waals surface area contributed by atoms with Crippen LogP contribution in [0.2, 0.25) is 0 Å². The van der Waals surface area contributed by atoms with Gasteiger partial charge in [0.15, 0.2) is 0 Å². The molecule has 6 heteroatoms. The van der Waals surface area contributed by atoms with Crippen molar-refractivity contribution >= 4 is 11.8 Å². The summed E-state index contributed by atoms with van der Waals surface area (Å²) in [4.78, 5) is 27.0. The van der Waals surface area contributed by atoms with Crippen LogP contribution in [0.3, 0.4) is 0 Å². The lowest BCUT2D eigenvalue weighted by atomic mass is 10.1. The first-order valence-corrected chi connectivity index (χ1v) is 8.88. The summed E-state index contributed by atoms with van der Waals surface area (Å²) in [5.41, 5.74) is 2.46. The Bertz CT molecular complexity index is 780. The number of hydrogen-bond donors (Lipinski definition) is 1. The van der Waals surface area contributed by atoms with E-state index < -0.39 is 0 Å². The molecule has 2 aromatic rings. The molecule has 1 aliphatic carbocycles. The molecule has 25 heavy (non-hydrogen) atoms. The molecule has 4 rings (SSSR count). The molecule has 0 unspecified atom stereocenters. The summed E-state index contributed by atoms with van der Waals surface area (Å²) in [6.07, 6.45) is 4.98. The van der Waals surface area contributed by atoms with Gasteiger partial charge < -0.3 is 10.2 Å². The number of hydrogen-bond acceptors (Lipinski definition) is 3. The summed E-state index contributed by atoms with van der Waals surface area (Å²) >= 11 is 0. The molecule has 2 amide bonds. The Kier molecular flexibility index (Phi) is 4.26. The Morgan fingerprint density at radius 3 is 2.72 bits per heavy atom. The number of carbonyl (C=O) groups excluding carboxylic acids is 2. The molecule has 1 N–H and O–H groups in total. The zero-order valence-corrected chi connectivity index (χ0v) is 14.1. The lowest BCUT2D eigenvalue weighted by Gasteiger charge is -2.20. The van der Waals surface area contributed by atoms with Gasteiger partial charge in [-0.25, -0.2) is 0 Å². The zero-order valence-electron chi connectivity index (χ0n) is 14.1. The van der Waals surface area contributed by atoms with E-state index in [9.17, 15) is 9.59 Å². The van der Waals surface area contributed by atoms with Gasteiger partial charge in [-0.1, -0.05) is 30.3 Å². The molecule has 2 aliphatic rings. The summed E-state index contributed by atoms with van der Waals surface area (Å²) in [5, 5.41) is 7.38. The number of nitrogens with zero attached hydrogens (tertiary/aromatic N) is 3. The van der Waals surface area contributed by atoms with Gasteiger partial charge in [-0.15, -0.1) is 0 Å². The fraction of sp³-hybridized carbons (Fsp3) is 0.421. The van der Waals surface area contributed by atoms with Gasteiger partial charge in [0.2, 0.25) is 5.91 Å². The number of aryl methyl sites for hydroxylation is 1. The van der Waals surface area contributed by atoms with Crippen LogP contribution in [0.15, 0.2) is 36.5 Å². The lowest BCUT2D eigenvalue weighted by Crippen LogP contribution is -2.33. The predicted molar refractivity (Wildman–Crippen MR) is 92.9 cm³/mol. The van der Waals surface area contributed by atoms with Crippen LogP contribution in [-0.4, -0.2) is 39.1 Å². The summed E-state index contributed by atoms with van der Waals surface area (Å²) in [5.74, 6) is 0.0236. The van der Waals surface area contributed by atoms with Gasteiger partial charge in [-0.05, 0) is 24.8 Å². The molecule has 1 aromatic carbocycles.